The zero-order valence-corrected chi connectivity index (χ0v) is 18.3. The lowest BCUT2D eigenvalue weighted by molar-refractivity contribution is 0.0952. The molecule has 7 heteroatoms. The maximum absolute atomic E-state index is 12.5. The number of aryl methyl sites for hydroxylation is 1. The molecule has 0 spiro atoms. The molecule has 150 valence electrons. The van der Waals surface area contributed by atoms with E-state index < -0.39 is 0 Å². The van der Waals surface area contributed by atoms with Crippen LogP contribution < -0.4 is 14.9 Å². The minimum atomic E-state index is -0.344. The van der Waals surface area contributed by atoms with Crippen molar-refractivity contribution < 1.29 is 14.3 Å². The second-order valence-corrected chi connectivity index (χ2v) is 7.32. The maximum atomic E-state index is 12.5. The van der Waals surface area contributed by atoms with Crippen molar-refractivity contribution >= 4 is 28.1 Å². The molecule has 1 amide bonds. The van der Waals surface area contributed by atoms with Crippen LogP contribution in [-0.2, 0) is 0 Å². The summed E-state index contributed by atoms with van der Waals surface area (Å²) in [5, 5.41) is 4.13. The van der Waals surface area contributed by atoms with Gasteiger partial charge in [-0.2, -0.15) is 5.10 Å². The van der Waals surface area contributed by atoms with Crippen molar-refractivity contribution in [2.45, 2.75) is 13.8 Å². The van der Waals surface area contributed by atoms with Gasteiger partial charge in [-0.25, -0.2) is 5.43 Å². The van der Waals surface area contributed by atoms with Gasteiger partial charge in [0.1, 0.15) is 11.5 Å². The van der Waals surface area contributed by atoms with E-state index in [9.17, 15) is 4.79 Å². The van der Waals surface area contributed by atoms with Crippen LogP contribution in [0, 0.1) is 13.8 Å². The first-order valence-electron chi connectivity index (χ1n) is 8.95. The Bertz CT molecular complexity index is 1060. The van der Waals surface area contributed by atoms with Crippen molar-refractivity contribution in [1.29, 1.82) is 0 Å². The maximum Gasteiger partial charge on any atom is 0.275 e. The Morgan fingerprint density at radius 1 is 1.07 bits per heavy atom. The van der Waals surface area contributed by atoms with Gasteiger partial charge in [0.2, 0.25) is 0 Å². The monoisotopic (exact) mass is 455 g/mol. The third-order valence-electron chi connectivity index (χ3n) is 4.58. The highest BCUT2D eigenvalue weighted by Crippen LogP contribution is 2.23. The number of nitrogens with zero attached hydrogens (tertiary/aromatic N) is 2. The lowest BCUT2D eigenvalue weighted by Gasteiger charge is -2.10. The number of rotatable bonds is 6. The second kappa shape index (κ2) is 8.96. The van der Waals surface area contributed by atoms with Crippen LogP contribution in [0.4, 0.5) is 0 Å². The van der Waals surface area contributed by atoms with Crippen LogP contribution in [0.25, 0.3) is 5.69 Å². The van der Waals surface area contributed by atoms with E-state index in [2.05, 4.69) is 31.0 Å². The van der Waals surface area contributed by atoms with Gasteiger partial charge in [-0.15, -0.1) is 0 Å². The summed E-state index contributed by atoms with van der Waals surface area (Å²) in [5.41, 5.74) is 7.00. The summed E-state index contributed by atoms with van der Waals surface area (Å²) >= 11 is 3.37. The number of amides is 1. The molecule has 0 aliphatic rings. The number of methoxy groups -OCH3 is 2. The fourth-order valence-electron chi connectivity index (χ4n) is 3.13. The van der Waals surface area contributed by atoms with E-state index in [-0.39, 0.29) is 5.91 Å². The summed E-state index contributed by atoms with van der Waals surface area (Å²) in [4.78, 5) is 12.5. The predicted molar refractivity (Wildman–Crippen MR) is 118 cm³/mol. The van der Waals surface area contributed by atoms with Gasteiger partial charge in [0, 0.05) is 27.1 Å². The molecule has 1 heterocycles. The number of benzene rings is 2. The van der Waals surface area contributed by atoms with E-state index in [1.165, 1.54) is 7.11 Å². The fourth-order valence-corrected chi connectivity index (χ4v) is 3.49. The van der Waals surface area contributed by atoms with Crippen molar-refractivity contribution in [2.24, 2.45) is 5.10 Å². The van der Waals surface area contributed by atoms with E-state index in [0.717, 1.165) is 32.9 Å². The normalized spacial score (nSPS) is 10.9. The van der Waals surface area contributed by atoms with E-state index in [1.54, 1.807) is 25.5 Å². The van der Waals surface area contributed by atoms with Gasteiger partial charge in [-0.1, -0.05) is 15.9 Å². The van der Waals surface area contributed by atoms with Crippen molar-refractivity contribution in [3.8, 4) is 17.2 Å². The Labute approximate surface area is 178 Å². The number of carbonyl (C=O) groups excluding carboxylic acids is 1. The number of halogens is 1. The zero-order chi connectivity index (χ0) is 21.0. The standard InChI is InChI=1S/C22H22BrN3O3/c1-14-11-16(15(2)26(14)18-6-8-19(28-3)9-7-18)13-24-25-22(27)20-12-17(23)5-10-21(20)29-4/h5-13H,1-4H3,(H,25,27)/b24-13-. The summed E-state index contributed by atoms with van der Waals surface area (Å²) in [6, 6.07) is 15.1. The van der Waals surface area contributed by atoms with Crippen molar-refractivity contribution in [2.75, 3.05) is 14.2 Å². The topological polar surface area (TPSA) is 64.8 Å². The molecule has 0 radical (unpaired) electrons. The third kappa shape index (κ3) is 4.51. The van der Waals surface area contributed by atoms with Crippen molar-refractivity contribution in [1.82, 2.24) is 9.99 Å². The first-order chi connectivity index (χ1) is 13.9. The number of aromatic nitrogens is 1. The average Bonchev–Trinajstić information content (AvgIpc) is 3.01. The predicted octanol–water partition coefficient (Wildman–Crippen LogP) is 4.64. The highest BCUT2D eigenvalue weighted by molar-refractivity contribution is 9.10. The molecule has 0 saturated heterocycles. The Morgan fingerprint density at radius 3 is 2.45 bits per heavy atom. The molecule has 0 saturated carbocycles. The molecule has 0 aliphatic carbocycles. The Balaban J connectivity index is 1.79. The second-order valence-electron chi connectivity index (χ2n) is 6.40. The summed E-state index contributed by atoms with van der Waals surface area (Å²) in [5.74, 6) is 0.950. The van der Waals surface area contributed by atoms with Gasteiger partial charge < -0.3 is 14.0 Å². The number of hydrogen-bond acceptors (Lipinski definition) is 4. The number of nitrogens with one attached hydrogen (secondary N) is 1. The quantitative estimate of drug-likeness (QED) is 0.434. The van der Waals surface area contributed by atoms with Crippen LogP contribution in [0.2, 0.25) is 0 Å². The Kier molecular flexibility index (Phi) is 6.39. The van der Waals surface area contributed by atoms with Crippen LogP contribution in [0.1, 0.15) is 27.3 Å². The molecule has 1 aromatic heterocycles. The van der Waals surface area contributed by atoms with Gasteiger partial charge in [0.05, 0.1) is 26.0 Å². The molecule has 0 atom stereocenters. The van der Waals surface area contributed by atoms with Crippen LogP contribution in [-0.4, -0.2) is 30.9 Å². The summed E-state index contributed by atoms with van der Waals surface area (Å²) in [7, 11) is 3.17. The van der Waals surface area contributed by atoms with Crippen LogP contribution in [0.5, 0.6) is 11.5 Å². The van der Waals surface area contributed by atoms with E-state index >= 15 is 0 Å². The summed E-state index contributed by atoms with van der Waals surface area (Å²) in [6.45, 7) is 4.04. The molecule has 3 aromatic rings. The Hall–Kier alpha value is -3.06. The minimum absolute atomic E-state index is 0.344. The van der Waals surface area contributed by atoms with Crippen LogP contribution in [0.15, 0.2) is 58.1 Å². The first-order valence-corrected chi connectivity index (χ1v) is 9.74. The molecule has 0 aliphatic heterocycles. The summed E-state index contributed by atoms with van der Waals surface area (Å²) in [6.07, 6.45) is 1.64. The van der Waals surface area contributed by atoms with E-state index in [1.807, 2.05) is 50.2 Å². The molecule has 29 heavy (non-hydrogen) atoms. The largest absolute Gasteiger partial charge is 0.497 e. The number of hydrogen-bond donors (Lipinski definition) is 1. The smallest absolute Gasteiger partial charge is 0.275 e. The molecule has 0 bridgehead atoms. The highest BCUT2D eigenvalue weighted by atomic mass is 79.9. The lowest BCUT2D eigenvalue weighted by Crippen LogP contribution is -2.18. The third-order valence-corrected chi connectivity index (χ3v) is 5.07. The van der Waals surface area contributed by atoms with Gasteiger partial charge in [0.15, 0.2) is 0 Å². The SMILES string of the molecule is COc1ccc(-n2c(C)cc(/C=N\NC(=O)c3cc(Br)ccc3OC)c2C)cc1. The number of hydrazone groups is 1. The molecule has 6 nitrogen and oxygen atoms in total. The lowest BCUT2D eigenvalue weighted by atomic mass is 10.2. The molecular formula is C22H22BrN3O3. The fraction of sp³-hybridized carbons (Fsp3) is 0.182. The van der Waals surface area contributed by atoms with Gasteiger partial charge in [0.25, 0.3) is 5.91 Å². The van der Waals surface area contributed by atoms with Crippen LogP contribution >= 0.6 is 15.9 Å². The van der Waals surface area contributed by atoms with Crippen LogP contribution in [0.3, 0.4) is 0 Å². The number of ether oxygens (including phenoxy) is 2. The molecular weight excluding hydrogens is 434 g/mol. The molecule has 0 unspecified atom stereocenters. The van der Waals surface area contributed by atoms with Gasteiger partial charge >= 0.3 is 0 Å². The first kappa shape index (κ1) is 20.7. The zero-order valence-electron chi connectivity index (χ0n) is 16.7. The van der Waals surface area contributed by atoms with Gasteiger partial charge in [-0.05, 0) is 62.4 Å². The minimum Gasteiger partial charge on any atom is -0.497 e. The molecule has 0 fully saturated rings. The van der Waals surface area contributed by atoms with E-state index in [4.69, 9.17) is 9.47 Å². The van der Waals surface area contributed by atoms with Gasteiger partial charge in [-0.3, -0.25) is 4.79 Å². The van der Waals surface area contributed by atoms with Crippen molar-refractivity contribution in [3.05, 3.63) is 75.5 Å². The van der Waals surface area contributed by atoms with Crippen molar-refractivity contribution in [3.63, 3.8) is 0 Å². The summed E-state index contributed by atoms with van der Waals surface area (Å²) < 4.78 is 13.4. The number of carbonyl (C=O) groups is 1. The molecule has 2 aromatic carbocycles. The Morgan fingerprint density at radius 2 is 1.79 bits per heavy atom. The highest BCUT2D eigenvalue weighted by Gasteiger charge is 2.13. The molecule has 1 N–H and O–H groups in total. The average molecular weight is 456 g/mol. The molecule has 3 rings (SSSR count). The van der Waals surface area contributed by atoms with E-state index in [0.29, 0.717) is 11.3 Å².